The Morgan fingerprint density at radius 1 is 1.33 bits per heavy atom. The number of aromatic nitrogens is 1. The van der Waals surface area contributed by atoms with Gasteiger partial charge in [0.2, 0.25) is 0 Å². The Labute approximate surface area is 91.7 Å². The molecule has 0 amide bonds. The Bertz CT molecular complexity index is 360. The van der Waals surface area contributed by atoms with Gasteiger partial charge in [-0.15, -0.1) is 0 Å². The molecule has 0 radical (unpaired) electrons. The normalized spacial score (nSPS) is 24.3. The first-order chi connectivity index (χ1) is 7.08. The van der Waals surface area contributed by atoms with E-state index in [0.29, 0.717) is 11.8 Å². The van der Waals surface area contributed by atoms with Crippen LogP contribution in [0.2, 0.25) is 0 Å². The molecule has 1 aliphatic rings. The highest BCUT2D eigenvalue weighted by molar-refractivity contribution is 5.37. The van der Waals surface area contributed by atoms with Gasteiger partial charge in [0.1, 0.15) is 5.75 Å². The van der Waals surface area contributed by atoms with Crippen LogP contribution in [-0.2, 0) is 0 Å². The zero-order chi connectivity index (χ0) is 11.0. The number of pyridine rings is 1. The van der Waals surface area contributed by atoms with E-state index in [4.69, 9.17) is 4.74 Å². The largest absolute Gasteiger partial charge is 0.489 e. The van der Waals surface area contributed by atoms with E-state index < -0.39 is 0 Å². The molecule has 0 N–H and O–H groups in total. The van der Waals surface area contributed by atoms with Gasteiger partial charge >= 0.3 is 0 Å². The fourth-order valence-electron chi connectivity index (χ4n) is 2.38. The first-order valence-electron chi connectivity index (χ1n) is 5.74. The summed E-state index contributed by atoms with van der Waals surface area (Å²) in [6, 6.07) is 2.16. The fourth-order valence-corrected chi connectivity index (χ4v) is 2.38. The average Bonchev–Trinajstić information content (AvgIpc) is 2.41. The van der Waals surface area contributed by atoms with Crippen LogP contribution in [0.15, 0.2) is 12.3 Å². The topological polar surface area (TPSA) is 22.1 Å². The summed E-state index contributed by atoms with van der Waals surface area (Å²) in [7, 11) is 0. The third-order valence-electron chi connectivity index (χ3n) is 3.00. The summed E-state index contributed by atoms with van der Waals surface area (Å²) in [5.41, 5.74) is 2.64. The lowest BCUT2D eigenvalue weighted by Crippen LogP contribution is -2.06. The van der Waals surface area contributed by atoms with Crippen molar-refractivity contribution in [3.63, 3.8) is 0 Å². The van der Waals surface area contributed by atoms with E-state index in [-0.39, 0.29) is 6.10 Å². The lowest BCUT2D eigenvalue weighted by Gasteiger charge is -2.11. The number of ether oxygens (including phenoxy) is 1. The van der Waals surface area contributed by atoms with E-state index in [9.17, 15) is 0 Å². The third kappa shape index (κ3) is 1.99. The predicted octanol–water partition coefficient (Wildman–Crippen LogP) is 3.48. The van der Waals surface area contributed by atoms with Crippen molar-refractivity contribution in [2.75, 3.05) is 0 Å². The van der Waals surface area contributed by atoms with Crippen molar-refractivity contribution >= 4 is 0 Å². The quantitative estimate of drug-likeness (QED) is 0.737. The van der Waals surface area contributed by atoms with Gasteiger partial charge in [-0.2, -0.15) is 0 Å². The number of nitrogens with zero attached hydrogens (tertiary/aromatic N) is 1. The molecular weight excluding hydrogens is 186 g/mol. The third-order valence-corrected chi connectivity index (χ3v) is 3.00. The van der Waals surface area contributed by atoms with Crippen LogP contribution in [0, 0.1) is 0 Å². The minimum absolute atomic E-state index is 0.221. The lowest BCUT2D eigenvalue weighted by molar-refractivity contribution is 0.241. The van der Waals surface area contributed by atoms with Crippen molar-refractivity contribution in [1.29, 1.82) is 0 Å². The van der Waals surface area contributed by atoms with Crippen molar-refractivity contribution in [1.82, 2.24) is 4.98 Å². The number of rotatable bonds is 2. The van der Waals surface area contributed by atoms with Gasteiger partial charge in [0.05, 0.1) is 12.3 Å². The van der Waals surface area contributed by atoms with Crippen molar-refractivity contribution in [2.45, 2.75) is 52.1 Å². The molecule has 1 aromatic heterocycles. The Hall–Kier alpha value is -1.05. The summed E-state index contributed by atoms with van der Waals surface area (Å²) in [4.78, 5) is 4.52. The fraction of sp³-hybridized carbons (Fsp3) is 0.615. The maximum Gasteiger partial charge on any atom is 0.138 e. The van der Waals surface area contributed by atoms with Crippen LogP contribution in [-0.4, -0.2) is 11.1 Å². The molecule has 2 heteroatoms. The Kier molecular flexibility index (Phi) is 2.68. The van der Waals surface area contributed by atoms with E-state index in [1.54, 1.807) is 0 Å². The summed E-state index contributed by atoms with van der Waals surface area (Å²) in [5, 5.41) is 0. The monoisotopic (exact) mass is 205 g/mol. The van der Waals surface area contributed by atoms with Gasteiger partial charge in [-0.1, -0.05) is 13.8 Å². The molecule has 0 spiro atoms. The molecule has 0 saturated carbocycles. The van der Waals surface area contributed by atoms with Crippen molar-refractivity contribution in [3.8, 4) is 5.75 Å². The van der Waals surface area contributed by atoms with Gasteiger partial charge in [0, 0.05) is 5.69 Å². The summed E-state index contributed by atoms with van der Waals surface area (Å²) >= 11 is 0. The lowest BCUT2D eigenvalue weighted by atomic mass is 10.1. The van der Waals surface area contributed by atoms with Gasteiger partial charge in [-0.25, -0.2) is 0 Å². The standard InChI is InChI=1S/C13H19NO/c1-8(2)15-11-6-12-9(3)5-10(4)13(12)14-7-11/h6-10H,5H2,1-4H3. The van der Waals surface area contributed by atoms with Crippen molar-refractivity contribution in [2.24, 2.45) is 0 Å². The molecule has 2 rings (SSSR count). The first-order valence-corrected chi connectivity index (χ1v) is 5.74. The maximum absolute atomic E-state index is 5.66. The molecule has 2 atom stereocenters. The Morgan fingerprint density at radius 2 is 2.07 bits per heavy atom. The van der Waals surface area contributed by atoms with Crippen LogP contribution in [0.5, 0.6) is 5.75 Å². The van der Waals surface area contributed by atoms with Gasteiger partial charge in [0.25, 0.3) is 0 Å². The van der Waals surface area contributed by atoms with E-state index >= 15 is 0 Å². The van der Waals surface area contributed by atoms with Crippen molar-refractivity contribution < 1.29 is 4.74 Å². The van der Waals surface area contributed by atoms with Crippen LogP contribution in [0.1, 0.15) is 57.2 Å². The SMILES string of the molecule is CC(C)Oc1cnc2c(c1)C(C)CC2C. The summed E-state index contributed by atoms with van der Waals surface area (Å²) in [5.74, 6) is 2.13. The second-order valence-corrected chi connectivity index (χ2v) is 4.85. The van der Waals surface area contributed by atoms with Crippen LogP contribution in [0.3, 0.4) is 0 Å². The van der Waals surface area contributed by atoms with Gasteiger partial charge in [0.15, 0.2) is 0 Å². The van der Waals surface area contributed by atoms with Crippen LogP contribution in [0.25, 0.3) is 0 Å². The van der Waals surface area contributed by atoms with Crippen molar-refractivity contribution in [3.05, 3.63) is 23.5 Å². The minimum atomic E-state index is 0.221. The average molecular weight is 205 g/mol. The molecule has 2 nitrogen and oxygen atoms in total. The van der Waals surface area contributed by atoms with E-state index in [2.05, 4.69) is 24.9 Å². The van der Waals surface area contributed by atoms with Crippen LogP contribution in [0.4, 0.5) is 0 Å². The minimum Gasteiger partial charge on any atom is -0.489 e. The number of hydrogen-bond donors (Lipinski definition) is 0. The Balaban J connectivity index is 2.30. The highest BCUT2D eigenvalue weighted by atomic mass is 16.5. The molecule has 82 valence electrons. The molecule has 0 aliphatic heterocycles. The van der Waals surface area contributed by atoms with E-state index in [1.165, 1.54) is 17.7 Å². The molecule has 1 aliphatic carbocycles. The first kappa shape index (κ1) is 10.5. The second-order valence-electron chi connectivity index (χ2n) is 4.85. The summed E-state index contributed by atoms with van der Waals surface area (Å²) in [6.07, 6.45) is 3.29. The number of hydrogen-bond acceptors (Lipinski definition) is 2. The molecule has 0 fully saturated rings. The highest BCUT2D eigenvalue weighted by Gasteiger charge is 2.26. The predicted molar refractivity (Wildman–Crippen MR) is 61.4 cm³/mol. The molecular formula is C13H19NO. The molecule has 0 aromatic carbocycles. The van der Waals surface area contributed by atoms with Crippen LogP contribution >= 0.6 is 0 Å². The molecule has 1 heterocycles. The molecule has 15 heavy (non-hydrogen) atoms. The van der Waals surface area contributed by atoms with E-state index in [1.807, 2.05) is 20.0 Å². The zero-order valence-electron chi connectivity index (χ0n) is 9.95. The summed E-state index contributed by atoms with van der Waals surface area (Å²) in [6.45, 7) is 8.60. The smallest absolute Gasteiger partial charge is 0.138 e. The maximum atomic E-state index is 5.66. The highest BCUT2D eigenvalue weighted by Crippen LogP contribution is 2.41. The van der Waals surface area contributed by atoms with E-state index in [0.717, 1.165) is 5.75 Å². The molecule has 0 saturated heterocycles. The zero-order valence-corrected chi connectivity index (χ0v) is 9.95. The molecule has 2 unspecified atom stereocenters. The number of fused-ring (bicyclic) bond motifs is 1. The van der Waals surface area contributed by atoms with Gasteiger partial charge < -0.3 is 4.74 Å². The second kappa shape index (κ2) is 3.84. The molecule has 1 aromatic rings. The van der Waals surface area contributed by atoms with Gasteiger partial charge in [-0.3, -0.25) is 4.98 Å². The van der Waals surface area contributed by atoms with Gasteiger partial charge in [-0.05, 0) is 43.7 Å². The Morgan fingerprint density at radius 3 is 2.73 bits per heavy atom. The molecule has 0 bridgehead atoms. The summed E-state index contributed by atoms with van der Waals surface area (Å²) < 4.78 is 5.66. The van der Waals surface area contributed by atoms with Crippen LogP contribution < -0.4 is 4.74 Å².